The lowest BCUT2D eigenvalue weighted by Gasteiger charge is -2.27. The number of fused-ring (bicyclic) bond motifs is 1. The van der Waals surface area contributed by atoms with Gasteiger partial charge in [0.25, 0.3) is 0 Å². The SMILES string of the molecule is COCCn1ncc(Br)c1CC1CCNc2ccccc21. The molecule has 2 heterocycles. The molecule has 1 aromatic carbocycles. The van der Waals surface area contributed by atoms with Crippen molar-refractivity contribution in [3.63, 3.8) is 0 Å². The number of anilines is 1. The van der Waals surface area contributed by atoms with E-state index in [-0.39, 0.29) is 0 Å². The molecule has 2 aromatic rings. The van der Waals surface area contributed by atoms with E-state index in [4.69, 9.17) is 4.74 Å². The quantitative estimate of drug-likeness (QED) is 0.898. The number of ether oxygens (including phenoxy) is 1. The molecule has 1 atom stereocenters. The lowest BCUT2D eigenvalue weighted by atomic mass is 9.87. The number of hydrogen-bond donors (Lipinski definition) is 1. The maximum Gasteiger partial charge on any atom is 0.0658 e. The zero-order valence-electron chi connectivity index (χ0n) is 12.2. The number of methoxy groups -OCH3 is 1. The number of nitrogens with one attached hydrogen (secondary N) is 1. The minimum atomic E-state index is 0.539. The normalized spacial score (nSPS) is 17.3. The molecule has 1 N–H and O–H groups in total. The zero-order chi connectivity index (χ0) is 14.7. The molecule has 5 heteroatoms. The van der Waals surface area contributed by atoms with Gasteiger partial charge in [0.2, 0.25) is 0 Å². The van der Waals surface area contributed by atoms with Crippen molar-refractivity contribution < 1.29 is 4.74 Å². The maximum atomic E-state index is 5.17. The Hall–Kier alpha value is -1.33. The van der Waals surface area contributed by atoms with Gasteiger partial charge >= 0.3 is 0 Å². The average Bonchev–Trinajstić information content (AvgIpc) is 2.86. The van der Waals surface area contributed by atoms with Crippen LogP contribution in [-0.2, 0) is 17.7 Å². The van der Waals surface area contributed by atoms with E-state index in [1.165, 1.54) is 16.9 Å². The van der Waals surface area contributed by atoms with Gasteiger partial charge < -0.3 is 10.1 Å². The van der Waals surface area contributed by atoms with Crippen LogP contribution >= 0.6 is 15.9 Å². The average molecular weight is 350 g/mol. The number of halogens is 1. The predicted octanol–water partition coefficient (Wildman–Crippen LogP) is 3.43. The van der Waals surface area contributed by atoms with Crippen LogP contribution in [0.5, 0.6) is 0 Å². The van der Waals surface area contributed by atoms with Crippen LogP contribution in [0.2, 0.25) is 0 Å². The summed E-state index contributed by atoms with van der Waals surface area (Å²) in [6.07, 6.45) is 4.04. The highest BCUT2D eigenvalue weighted by molar-refractivity contribution is 9.10. The molecule has 1 aromatic heterocycles. The summed E-state index contributed by atoms with van der Waals surface area (Å²) < 4.78 is 8.32. The van der Waals surface area contributed by atoms with E-state index >= 15 is 0 Å². The third-order valence-electron chi connectivity index (χ3n) is 4.05. The molecule has 0 aliphatic carbocycles. The fourth-order valence-corrected chi connectivity index (χ4v) is 3.42. The Morgan fingerprint density at radius 2 is 2.29 bits per heavy atom. The van der Waals surface area contributed by atoms with Crippen molar-refractivity contribution in [2.24, 2.45) is 0 Å². The molecular formula is C16H20BrN3O. The highest BCUT2D eigenvalue weighted by Gasteiger charge is 2.22. The number of para-hydroxylation sites is 1. The summed E-state index contributed by atoms with van der Waals surface area (Å²) >= 11 is 3.64. The van der Waals surface area contributed by atoms with Gasteiger partial charge in [-0.1, -0.05) is 18.2 Å². The van der Waals surface area contributed by atoms with E-state index < -0.39 is 0 Å². The van der Waals surface area contributed by atoms with Gasteiger partial charge in [-0.15, -0.1) is 0 Å². The van der Waals surface area contributed by atoms with Crippen LogP contribution < -0.4 is 5.32 Å². The molecule has 4 nitrogen and oxygen atoms in total. The van der Waals surface area contributed by atoms with Crippen molar-refractivity contribution >= 4 is 21.6 Å². The lowest BCUT2D eigenvalue weighted by Crippen LogP contribution is -2.20. The summed E-state index contributed by atoms with van der Waals surface area (Å²) in [5, 5.41) is 7.93. The molecule has 0 saturated heterocycles. The van der Waals surface area contributed by atoms with Crippen molar-refractivity contribution in [1.29, 1.82) is 0 Å². The van der Waals surface area contributed by atoms with Gasteiger partial charge in [-0.2, -0.15) is 5.10 Å². The van der Waals surface area contributed by atoms with Gasteiger partial charge in [-0.05, 0) is 46.3 Å². The summed E-state index contributed by atoms with van der Waals surface area (Å²) in [4.78, 5) is 0. The van der Waals surface area contributed by atoms with E-state index in [1.807, 2.05) is 6.20 Å². The second-order valence-electron chi connectivity index (χ2n) is 5.36. The minimum Gasteiger partial charge on any atom is -0.385 e. The molecule has 3 rings (SSSR count). The first kappa shape index (κ1) is 14.6. The summed E-state index contributed by atoms with van der Waals surface area (Å²) in [5.41, 5.74) is 3.94. The first-order chi connectivity index (χ1) is 10.3. The number of rotatable bonds is 5. The molecule has 21 heavy (non-hydrogen) atoms. The Balaban J connectivity index is 1.83. The third kappa shape index (κ3) is 3.14. The minimum absolute atomic E-state index is 0.539. The van der Waals surface area contributed by atoms with Gasteiger partial charge in [-0.3, -0.25) is 4.68 Å². The van der Waals surface area contributed by atoms with Crippen LogP contribution in [0, 0.1) is 0 Å². The van der Waals surface area contributed by atoms with E-state index in [1.54, 1.807) is 7.11 Å². The largest absolute Gasteiger partial charge is 0.385 e. The topological polar surface area (TPSA) is 39.1 Å². The Morgan fingerprint density at radius 1 is 1.43 bits per heavy atom. The van der Waals surface area contributed by atoms with Crippen molar-refractivity contribution in [3.8, 4) is 0 Å². The van der Waals surface area contributed by atoms with Crippen molar-refractivity contribution in [3.05, 3.63) is 46.2 Å². The molecule has 0 radical (unpaired) electrons. The van der Waals surface area contributed by atoms with Crippen molar-refractivity contribution in [1.82, 2.24) is 9.78 Å². The lowest BCUT2D eigenvalue weighted by molar-refractivity contribution is 0.182. The van der Waals surface area contributed by atoms with E-state index in [9.17, 15) is 0 Å². The van der Waals surface area contributed by atoms with Crippen LogP contribution in [0.1, 0.15) is 23.6 Å². The molecule has 112 valence electrons. The Kier molecular flexibility index (Phi) is 4.60. The fraction of sp³-hybridized carbons (Fsp3) is 0.438. The monoisotopic (exact) mass is 349 g/mol. The molecule has 0 spiro atoms. The van der Waals surface area contributed by atoms with E-state index in [2.05, 4.69) is 55.3 Å². The molecular weight excluding hydrogens is 330 g/mol. The first-order valence-corrected chi connectivity index (χ1v) is 8.11. The molecule has 1 aliphatic heterocycles. The molecule has 0 saturated carbocycles. The predicted molar refractivity (Wildman–Crippen MR) is 87.8 cm³/mol. The molecule has 0 bridgehead atoms. The highest BCUT2D eigenvalue weighted by atomic mass is 79.9. The van der Waals surface area contributed by atoms with Gasteiger partial charge in [-0.25, -0.2) is 0 Å². The van der Waals surface area contributed by atoms with Gasteiger partial charge in [0.1, 0.15) is 0 Å². The second kappa shape index (κ2) is 6.62. The summed E-state index contributed by atoms with van der Waals surface area (Å²) in [6, 6.07) is 8.61. The summed E-state index contributed by atoms with van der Waals surface area (Å²) in [5.74, 6) is 0.539. The van der Waals surface area contributed by atoms with Gasteiger partial charge in [0, 0.05) is 19.3 Å². The van der Waals surface area contributed by atoms with Gasteiger partial charge in [0.15, 0.2) is 0 Å². The summed E-state index contributed by atoms with van der Waals surface area (Å²) in [7, 11) is 1.72. The molecule has 1 aliphatic rings. The third-order valence-corrected chi connectivity index (χ3v) is 4.72. The first-order valence-electron chi connectivity index (χ1n) is 7.31. The molecule has 1 unspecified atom stereocenters. The summed E-state index contributed by atoms with van der Waals surface area (Å²) in [6.45, 7) is 2.51. The zero-order valence-corrected chi connectivity index (χ0v) is 13.8. The van der Waals surface area contributed by atoms with Crippen molar-refractivity contribution in [2.45, 2.75) is 25.3 Å². The Bertz CT molecular complexity index is 611. The van der Waals surface area contributed by atoms with Crippen LogP contribution in [0.25, 0.3) is 0 Å². The van der Waals surface area contributed by atoms with Crippen LogP contribution in [0.15, 0.2) is 34.9 Å². The number of aromatic nitrogens is 2. The van der Waals surface area contributed by atoms with Crippen LogP contribution in [0.3, 0.4) is 0 Å². The number of hydrogen-bond acceptors (Lipinski definition) is 3. The number of benzene rings is 1. The van der Waals surface area contributed by atoms with Crippen LogP contribution in [-0.4, -0.2) is 30.0 Å². The fourth-order valence-electron chi connectivity index (χ4n) is 2.96. The molecule has 0 fully saturated rings. The Labute approximate surface area is 133 Å². The smallest absolute Gasteiger partial charge is 0.0658 e. The van der Waals surface area contributed by atoms with Crippen LogP contribution in [0.4, 0.5) is 5.69 Å². The van der Waals surface area contributed by atoms with E-state index in [0.29, 0.717) is 12.5 Å². The second-order valence-corrected chi connectivity index (χ2v) is 6.21. The molecule has 0 amide bonds. The van der Waals surface area contributed by atoms with Gasteiger partial charge in [0.05, 0.1) is 29.5 Å². The number of nitrogens with zero attached hydrogens (tertiary/aromatic N) is 2. The highest BCUT2D eigenvalue weighted by Crippen LogP contribution is 2.35. The maximum absolute atomic E-state index is 5.17. The standard InChI is InChI=1S/C16H20BrN3O/c1-21-9-8-20-16(14(17)11-19-20)10-12-6-7-18-15-5-3-2-4-13(12)15/h2-5,11-12,18H,6-10H2,1H3. The Morgan fingerprint density at radius 3 is 3.14 bits per heavy atom. The van der Waals surface area contributed by atoms with Crippen molar-refractivity contribution in [2.75, 3.05) is 25.6 Å². The van der Waals surface area contributed by atoms with E-state index in [0.717, 1.165) is 30.4 Å².